The monoisotopic (exact) mass is 493 g/mol. The van der Waals surface area contributed by atoms with Gasteiger partial charge in [0.1, 0.15) is 12.4 Å². The number of aromatic nitrogens is 3. The van der Waals surface area contributed by atoms with E-state index in [-0.39, 0.29) is 0 Å². The molecule has 0 saturated carbocycles. The van der Waals surface area contributed by atoms with Crippen LogP contribution in [0.4, 0.5) is 17.8 Å². The highest BCUT2D eigenvalue weighted by atomic mass is 35.5. The maximum Gasteiger partial charge on any atom is 0.250 e. The van der Waals surface area contributed by atoms with Crippen LogP contribution in [0.1, 0.15) is 24.0 Å². The minimum Gasteiger partial charge on any atom is -0.489 e. The molecule has 0 amide bonds. The maximum absolute atomic E-state index is 5.95. The third-order valence-electron chi connectivity index (χ3n) is 5.85. The summed E-state index contributed by atoms with van der Waals surface area (Å²) in [5.74, 6) is 2.53. The van der Waals surface area contributed by atoms with Crippen molar-refractivity contribution in [3.63, 3.8) is 0 Å². The molecular formula is C25H28ClN7O2. The Morgan fingerprint density at radius 1 is 0.943 bits per heavy atom. The van der Waals surface area contributed by atoms with E-state index in [1.54, 1.807) is 6.21 Å². The van der Waals surface area contributed by atoms with Crippen LogP contribution in [0.25, 0.3) is 0 Å². The summed E-state index contributed by atoms with van der Waals surface area (Å²) in [6.45, 7) is 5.23. The summed E-state index contributed by atoms with van der Waals surface area (Å²) >= 11 is 5.95. The Morgan fingerprint density at radius 2 is 1.66 bits per heavy atom. The Morgan fingerprint density at radius 3 is 2.40 bits per heavy atom. The smallest absolute Gasteiger partial charge is 0.250 e. The van der Waals surface area contributed by atoms with Gasteiger partial charge in [0.25, 0.3) is 0 Å². The van der Waals surface area contributed by atoms with E-state index in [9.17, 15) is 0 Å². The summed E-state index contributed by atoms with van der Waals surface area (Å²) in [6.07, 6.45) is 4.02. The second-order valence-electron chi connectivity index (χ2n) is 8.41. The molecule has 2 aromatic carbocycles. The van der Waals surface area contributed by atoms with Crippen molar-refractivity contribution in [1.29, 1.82) is 0 Å². The van der Waals surface area contributed by atoms with Crippen LogP contribution < -0.4 is 20.0 Å². The number of halogens is 1. The largest absolute Gasteiger partial charge is 0.489 e. The van der Waals surface area contributed by atoms with Crippen molar-refractivity contribution in [2.45, 2.75) is 19.4 Å². The first-order chi connectivity index (χ1) is 17.2. The normalized spacial score (nSPS) is 16.1. The van der Waals surface area contributed by atoms with Crippen molar-refractivity contribution in [3.05, 3.63) is 64.7 Å². The molecule has 2 aliphatic rings. The maximum atomic E-state index is 5.95. The number of morpholine rings is 1. The molecule has 0 aliphatic carbocycles. The molecule has 1 N–H and O–H groups in total. The second kappa shape index (κ2) is 11.3. The van der Waals surface area contributed by atoms with Gasteiger partial charge < -0.3 is 19.3 Å². The fraction of sp³-hybridized carbons (Fsp3) is 0.360. The fourth-order valence-electron chi connectivity index (χ4n) is 3.96. The van der Waals surface area contributed by atoms with Crippen LogP contribution in [0.2, 0.25) is 5.02 Å². The molecule has 0 bridgehead atoms. The van der Waals surface area contributed by atoms with Gasteiger partial charge in [-0.1, -0.05) is 35.9 Å². The third-order valence-corrected chi connectivity index (χ3v) is 6.10. The minimum atomic E-state index is 0.426. The topological polar surface area (TPSA) is 88.0 Å². The van der Waals surface area contributed by atoms with Crippen LogP contribution in [0, 0.1) is 0 Å². The number of nitrogens with zero attached hydrogens (tertiary/aromatic N) is 6. The lowest BCUT2D eigenvalue weighted by Crippen LogP contribution is -2.38. The molecule has 35 heavy (non-hydrogen) atoms. The first kappa shape index (κ1) is 23.3. The van der Waals surface area contributed by atoms with Crippen molar-refractivity contribution in [2.24, 2.45) is 5.10 Å². The molecule has 0 radical (unpaired) electrons. The summed E-state index contributed by atoms with van der Waals surface area (Å²) in [5, 5.41) is 5.09. The quantitative estimate of drug-likeness (QED) is 0.372. The molecule has 2 saturated heterocycles. The van der Waals surface area contributed by atoms with E-state index in [2.05, 4.69) is 30.3 Å². The van der Waals surface area contributed by atoms with Crippen molar-refractivity contribution in [3.8, 4) is 5.75 Å². The zero-order chi connectivity index (χ0) is 23.9. The van der Waals surface area contributed by atoms with Gasteiger partial charge in [0.05, 0.1) is 19.4 Å². The molecule has 5 rings (SSSR count). The Bertz CT molecular complexity index is 1150. The lowest BCUT2D eigenvalue weighted by atomic mass is 10.2. The molecule has 1 aromatic heterocycles. The predicted octanol–water partition coefficient (Wildman–Crippen LogP) is 3.99. The highest BCUT2D eigenvalue weighted by molar-refractivity contribution is 6.30. The average molecular weight is 494 g/mol. The van der Waals surface area contributed by atoms with Gasteiger partial charge in [-0.2, -0.15) is 20.1 Å². The molecule has 0 atom stereocenters. The molecule has 2 aliphatic heterocycles. The number of hydrogen-bond acceptors (Lipinski definition) is 9. The molecule has 9 nitrogen and oxygen atoms in total. The number of anilines is 3. The van der Waals surface area contributed by atoms with Crippen LogP contribution in [-0.2, 0) is 11.3 Å². The number of ether oxygens (including phenoxy) is 2. The highest BCUT2D eigenvalue weighted by Crippen LogP contribution is 2.21. The number of rotatable bonds is 8. The first-order valence-electron chi connectivity index (χ1n) is 11.8. The van der Waals surface area contributed by atoms with Crippen LogP contribution in [0.5, 0.6) is 5.75 Å². The van der Waals surface area contributed by atoms with Crippen LogP contribution in [-0.4, -0.2) is 60.6 Å². The van der Waals surface area contributed by atoms with E-state index in [0.717, 1.165) is 55.9 Å². The highest BCUT2D eigenvalue weighted by Gasteiger charge is 2.21. The zero-order valence-electron chi connectivity index (χ0n) is 19.4. The standard InChI is InChI=1S/C25H28ClN7O2/c26-21-8-6-19(7-9-21)18-35-22-5-3-4-20(16-22)17-27-31-23-28-24(32-10-1-2-11-32)30-25(29-23)33-12-14-34-15-13-33/h3-9,16-17H,1-2,10-15,18H2,(H,28,29,30,31)/b27-17-. The predicted molar refractivity (Wildman–Crippen MR) is 138 cm³/mol. The molecule has 3 heterocycles. The number of hydrazone groups is 1. The Kier molecular flexibility index (Phi) is 7.55. The Hall–Kier alpha value is -3.43. The number of benzene rings is 2. The summed E-state index contributed by atoms with van der Waals surface area (Å²) in [7, 11) is 0. The molecule has 10 heteroatoms. The van der Waals surface area contributed by atoms with Gasteiger partial charge in [-0.3, -0.25) is 0 Å². The second-order valence-corrected chi connectivity index (χ2v) is 8.85. The summed E-state index contributed by atoms with van der Waals surface area (Å²) in [6, 6.07) is 15.4. The van der Waals surface area contributed by atoms with E-state index in [1.165, 1.54) is 0 Å². The lowest BCUT2D eigenvalue weighted by molar-refractivity contribution is 0.122. The first-order valence-corrected chi connectivity index (χ1v) is 12.2. The van der Waals surface area contributed by atoms with E-state index in [4.69, 9.17) is 26.1 Å². The van der Waals surface area contributed by atoms with Gasteiger partial charge in [0.2, 0.25) is 17.8 Å². The van der Waals surface area contributed by atoms with Gasteiger partial charge in [-0.25, -0.2) is 5.43 Å². The molecular weight excluding hydrogens is 466 g/mol. The van der Waals surface area contributed by atoms with Crippen LogP contribution >= 0.6 is 11.6 Å². The van der Waals surface area contributed by atoms with E-state index < -0.39 is 0 Å². The Labute approximate surface area is 209 Å². The number of hydrogen-bond donors (Lipinski definition) is 1. The summed E-state index contributed by atoms with van der Waals surface area (Å²) in [4.78, 5) is 18.3. The molecule has 3 aromatic rings. The van der Waals surface area contributed by atoms with Gasteiger partial charge in [-0.05, 0) is 48.2 Å². The van der Waals surface area contributed by atoms with Crippen LogP contribution in [0.15, 0.2) is 53.6 Å². The third kappa shape index (κ3) is 6.37. The summed E-state index contributed by atoms with van der Waals surface area (Å²) < 4.78 is 11.4. The molecule has 182 valence electrons. The van der Waals surface area contributed by atoms with Gasteiger partial charge in [-0.15, -0.1) is 0 Å². The van der Waals surface area contributed by atoms with Crippen molar-refractivity contribution in [2.75, 3.05) is 54.6 Å². The van der Waals surface area contributed by atoms with Gasteiger partial charge >= 0.3 is 0 Å². The molecule has 2 fully saturated rings. The fourth-order valence-corrected chi connectivity index (χ4v) is 4.09. The van der Waals surface area contributed by atoms with Gasteiger partial charge in [0.15, 0.2) is 0 Å². The van der Waals surface area contributed by atoms with Crippen molar-refractivity contribution in [1.82, 2.24) is 15.0 Å². The SMILES string of the molecule is Clc1ccc(COc2cccc(/C=N\Nc3nc(N4CCCC4)nc(N4CCOCC4)n3)c2)cc1. The minimum absolute atomic E-state index is 0.426. The lowest BCUT2D eigenvalue weighted by Gasteiger charge is -2.27. The average Bonchev–Trinajstić information content (AvgIpc) is 3.44. The van der Waals surface area contributed by atoms with Crippen molar-refractivity contribution < 1.29 is 9.47 Å². The van der Waals surface area contributed by atoms with E-state index >= 15 is 0 Å². The number of nitrogens with one attached hydrogen (secondary N) is 1. The van der Waals surface area contributed by atoms with E-state index in [1.807, 2.05) is 48.5 Å². The molecule has 0 unspecified atom stereocenters. The van der Waals surface area contributed by atoms with Crippen LogP contribution in [0.3, 0.4) is 0 Å². The Balaban J connectivity index is 1.26. The van der Waals surface area contributed by atoms with E-state index in [0.29, 0.717) is 42.7 Å². The zero-order valence-corrected chi connectivity index (χ0v) is 20.2. The van der Waals surface area contributed by atoms with Crippen molar-refractivity contribution >= 4 is 35.7 Å². The molecule has 0 spiro atoms. The summed E-state index contributed by atoms with van der Waals surface area (Å²) in [5.41, 5.74) is 4.94. The van der Waals surface area contributed by atoms with Gasteiger partial charge in [0, 0.05) is 31.2 Å².